The maximum Gasteiger partial charge on any atom is 0.335 e. The van der Waals surface area contributed by atoms with Crippen LogP contribution in [0.4, 0.5) is 0 Å². The molecular weight excluding hydrogens is 1390 g/mol. The number of Topliss-reactive ketones (excluding diaryl/α,β-unsaturated/α-hetero) is 1. The van der Waals surface area contributed by atoms with Gasteiger partial charge in [0.05, 0.1) is 31.0 Å². The molecule has 0 aromatic carbocycles. The van der Waals surface area contributed by atoms with Crippen LogP contribution in [0.5, 0.6) is 0 Å². The minimum Gasteiger partial charge on any atom is -0.479 e. The van der Waals surface area contributed by atoms with Crippen LogP contribution in [0.3, 0.4) is 0 Å². The SMILES string of the molecule is CCCCCCCOC1C(O)[C@H](OC2C(O)[C@@H](OC3C(O)[C@@H](O)[C@H](C)O[C@H]3OC3C(O)[C@@H](O)[C@H](C)O[C@H]3OC3C(O)[C@@H](O)[C@H](C)O[C@H]3OCCCCCNC(=O)CCCCC(=O)C(CC)(CCCC(C)C)C3CCCCCCCCCCC3)OC(C(=O)O)[C@@H]2O[C@@H]2OC(C)[C@H](O)C(O)C2O)OC(CO)[C@@H]1O. The van der Waals surface area contributed by atoms with Crippen molar-refractivity contribution in [2.24, 2.45) is 17.3 Å². The highest BCUT2D eigenvalue weighted by atomic mass is 16.8. The fourth-order valence-electron chi connectivity index (χ4n) is 15.9. The number of carbonyl (C=O) groups excluding carboxylic acids is 2. The topological polar surface area (TPSA) is 466 Å². The maximum absolute atomic E-state index is 14.5. The quantitative estimate of drug-likeness (QED) is 0.0395. The van der Waals surface area contributed by atoms with Crippen molar-refractivity contribution >= 4 is 17.7 Å². The number of aliphatic carboxylic acids is 1. The Labute approximate surface area is 624 Å². The lowest BCUT2D eigenvalue weighted by Gasteiger charge is -2.50. The van der Waals surface area contributed by atoms with Gasteiger partial charge in [-0.05, 0) is 104 Å². The summed E-state index contributed by atoms with van der Waals surface area (Å²) in [6, 6.07) is 0. The summed E-state index contributed by atoms with van der Waals surface area (Å²) in [5, 5.41) is 161. The molecule has 15 N–H and O–H groups in total. The first-order chi connectivity index (χ1) is 50.6. The third kappa shape index (κ3) is 24.5. The third-order valence-corrected chi connectivity index (χ3v) is 22.7. The van der Waals surface area contributed by atoms with E-state index in [-0.39, 0.29) is 24.5 Å². The second-order valence-electron chi connectivity index (χ2n) is 31.1. The van der Waals surface area contributed by atoms with Crippen molar-refractivity contribution in [1.29, 1.82) is 0 Å². The number of rotatable bonds is 38. The lowest BCUT2D eigenvalue weighted by molar-refractivity contribution is -0.411. The van der Waals surface area contributed by atoms with E-state index >= 15 is 0 Å². The van der Waals surface area contributed by atoms with Gasteiger partial charge in [0.1, 0.15) is 122 Å². The van der Waals surface area contributed by atoms with Crippen LogP contribution in [0.15, 0.2) is 0 Å². The summed E-state index contributed by atoms with van der Waals surface area (Å²) in [6.07, 6.45) is -29.3. The van der Waals surface area contributed by atoms with E-state index in [1.807, 2.05) is 6.92 Å². The smallest absolute Gasteiger partial charge is 0.335 e. The lowest BCUT2D eigenvalue weighted by Crippen LogP contribution is -2.69. The van der Waals surface area contributed by atoms with Crippen LogP contribution in [0.2, 0.25) is 0 Å². The molecule has 7 rings (SSSR count). The molecule has 1 amide bonds. The van der Waals surface area contributed by atoms with Crippen LogP contribution in [0, 0.1) is 17.3 Å². The van der Waals surface area contributed by atoms with E-state index in [1.54, 1.807) is 0 Å². The van der Waals surface area contributed by atoms with Gasteiger partial charge in [0.15, 0.2) is 43.8 Å². The molecule has 7 aliphatic rings. The molecule has 0 bridgehead atoms. The number of carboxylic acid groups (broad SMARTS) is 1. The molecule has 6 heterocycles. The summed E-state index contributed by atoms with van der Waals surface area (Å²) >= 11 is 0. The fourth-order valence-corrected chi connectivity index (χ4v) is 15.9. The predicted octanol–water partition coefficient (Wildman–Crippen LogP) is 2.68. The molecule has 0 aromatic rings. The lowest BCUT2D eigenvalue weighted by atomic mass is 9.63. The summed E-state index contributed by atoms with van der Waals surface area (Å²) in [5.74, 6) is -0.632. The van der Waals surface area contributed by atoms with E-state index < -0.39 is 197 Å². The number of carboxylic acids is 1. The second-order valence-corrected chi connectivity index (χ2v) is 31.1. The molecule has 31 nitrogen and oxygen atoms in total. The Balaban J connectivity index is 1.00. The van der Waals surface area contributed by atoms with Gasteiger partial charge >= 0.3 is 5.97 Å². The van der Waals surface area contributed by atoms with Crippen LogP contribution in [-0.4, -0.2) is 300 Å². The number of aliphatic hydroxyl groups excluding tert-OH is 13. The van der Waals surface area contributed by atoms with Crippen molar-refractivity contribution < 1.29 is 147 Å². The fraction of sp³-hybridized carbons (Fsp3) is 0.960. The Morgan fingerprint density at radius 3 is 1.42 bits per heavy atom. The zero-order valence-corrected chi connectivity index (χ0v) is 63.7. The number of ether oxygens (including phenoxy) is 13. The van der Waals surface area contributed by atoms with Gasteiger partial charge < -0.3 is 138 Å². The van der Waals surface area contributed by atoms with E-state index in [9.17, 15) is 85.9 Å². The Kier molecular flexibility index (Phi) is 38.4. The Hall–Kier alpha value is -2.43. The number of unbranched alkanes of at least 4 members (excludes halogenated alkanes) is 7. The molecule has 31 atom stereocenters. The summed E-state index contributed by atoms with van der Waals surface area (Å²) in [6.45, 7) is 13.8. The van der Waals surface area contributed by atoms with Crippen molar-refractivity contribution in [3.63, 3.8) is 0 Å². The summed E-state index contributed by atoms with van der Waals surface area (Å²) in [5.41, 5.74) is -0.327. The van der Waals surface area contributed by atoms with Crippen LogP contribution in [0.1, 0.15) is 229 Å². The Morgan fingerprint density at radius 1 is 0.434 bits per heavy atom. The average Bonchev–Trinajstić information content (AvgIpc) is 0.763. The largest absolute Gasteiger partial charge is 0.479 e. The monoisotopic (exact) mass is 1530 g/mol. The zero-order valence-electron chi connectivity index (χ0n) is 63.7. The molecule has 1 aliphatic carbocycles. The van der Waals surface area contributed by atoms with Crippen molar-refractivity contribution in [2.45, 2.75) is 413 Å². The van der Waals surface area contributed by atoms with E-state index in [0.29, 0.717) is 75.5 Å². The van der Waals surface area contributed by atoms with Crippen LogP contribution in [0.25, 0.3) is 0 Å². The van der Waals surface area contributed by atoms with Gasteiger partial charge in [0.2, 0.25) is 5.91 Å². The highest BCUT2D eigenvalue weighted by Crippen LogP contribution is 2.46. The highest BCUT2D eigenvalue weighted by Gasteiger charge is 2.60. The van der Waals surface area contributed by atoms with Crippen molar-refractivity contribution in [1.82, 2.24) is 5.32 Å². The molecule has 0 radical (unpaired) electrons. The van der Waals surface area contributed by atoms with Gasteiger partial charge in [-0.3, -0.25) is 9.59 Å². The van der Waals surface area contributed by atoms with Gasteiger partial charge in [-0.25, -0.2) is 4.79 Å². The standard InChI is InChI=1S/C75H133NO30/c1-9-11-12-20-27-37-94-61-53(84)46(39-77)100-70(59(61)90)101-62-60(91)71(106-67(68(92)93)66(62)105-69-58(89)54(85)49(80)41(5)96-69)102-64-56(87)51(82)43(7)98-73(64)104-65-57(88)52(83)44(8)99-74(65)103-63-55(86)50(81)42(6)97-72(63)95-38-28-21-26-36-76-48(79)34-25-24-33-47(78)75(10-2,35-29-30-40(3)4)45-31-22-18-16-14-13-15-17-19-23-32-45/h40-46,49-67,69-74,77,80-91H,9-39H2,1-8H3,(H,76,79)(H,92,93)/t41?,42-,43-,44-,46?,49-,50-,51-,52-,53-,54?,55?,56?,57?,58?,59?,60?,61?,62?,63?,64?,65?,66+,67?,69-,70-,71-,72+,73-,74-,75?/m0/s1. The molecule has 6 aliphatic heterocycles. The van der Waals surface area contributed by atoms with Gasteiger partial charge in [-0.2, -0.15) is 0 Å². The van der Waals surface area contributed by atoms with E-state index in [0.717, 1.165) is 64.2 Å². The van der Waals surface area contributed by atoms with Crippen LogP contribution in [-0.2, 0) is 76.0 Å². The first-order valence-corrected chi connectivity index (χ1v) is 39.8. The minimum absolute atomic E-state index is 0.0280. The number of carbonyl (C=O) groups is 3. The summed E-state index contributed by atoms with van der Waals surface area (Å²) < 4.78 is 78.6. The molecule has 16 unspecified atom stereocenters. The predicted molar refractivity (Wildman–Crippen MR) is 376 cm³/mol. The molecule has 6 saturated heterocycles. The molecular formula is C75H133NO30. The van der Waals surface area contributed by atoms with Gasteiger partial charge in [-0.15, -0.1) is 0 Å². The molecule has 0 spiro atoms. The first-order valence-electron chi connectivity index (χ1n) is 39.8. The van der Waals surface area contributed by atoms with Gasteiger partial charge in [0, 0.05) is 38.0 Å². The number of nitrogens with one attached hydrogen (secondary N) is 1. The van der Waals surface area contributed by atoms with Gasteiger partial charge in [0.25, 0.3) is 0 Å². The van der Waals surface area contributed by atoms with E-state index in [4.69, 9.17) is 61.6 Å². The second kappa shape index (κ2) is 44.9. The minimum atomic E-state index is -2.37. The molecule has 0 aromatic heterocycles. The number of hydrogen-bond donors (Lipinski definition) is 15. The number of amides is 1. The van der Waals surface area contributed by atoms with E-state index in [2.05, 4.69) is 26.1 Å². The average molecular weight is 1530 g/mol. The Morgan fingerprint density at radius 2 is 0.877 bits per heavy atom. The molecule has 7 fully saturated rings. The first kappa shape index (κ1) is 90.8. The normalized spacial score (nSPS) is 40.4. The third-order valence-electron chi connectivity index (χ3n) is 22.7. The van der Waals surface area contributed by atoms with Crippen molar-refractivity contribution in [3.05, 3.63) is 0 Å². The number of aliphatic hydroxyl groups is 13. The van der Waals surface area contributed by atoms with E-state index in [1.165, 1.54) is 85.5 Å². The van der Waals surface area contributed by atoms with Crippen LogP contribution >= 0.6 is 0 Å². The zero-order chi connectivity index (χ0) is 77.5. The summed E-state index contributed by atoms with van der Waals surface area (Å²) in [4.78, 5) is 41.0. The summed E-state index contributed by atoms with van der Waals surface area (Å²) in [7, 11) is 0. The molecule has 618 valence electrons. The molecule has 106 heavy (non-hydrogen) atoms. The number of ketones is 1. The maximum atomic E-state index is 14.5. The van der Waals surface area contributed by atoms with Gasteiger partial charge in [-0.1, -0.05) is 124 Å². The van der Waals surface area contributed by atoms with Crippen LogP contribution < -0.4 is 5.32 Å². The van der Waals surface area contributed by atoms with Crippen molar-refractivity contribution in [2.75, 3.05) is 26.4 Å². The number of hydrogen-bond acceptors (Lipinski definition) is 29. The highest BCUT2D eigenvalue weighted by molar-refractivity contribution is 5.85. The van der Waals surface area contributed by atoms with Crippen molar-refractivity contribution in [3.8, 4) is 0 Å². The Bertz CT molecular complexity index is 2500. The molecule has 1 saturated carbocycles. The molecule has 31 heteroatoms.